The smallest absolute Gasteiger partial charge is 0.251 e. The first kappa shape index (κ1) is 12.9. The van der Waals surface area contributed by atoms with Gasteiger partial charge in [0.2, 0.25) is 5.91 Å². The molecule has 0 fully saturated rings. The molecule has 4 nitrogen and oxygen atoms in total. The molecule has 1 aliphatic rings. The quantitative estimate of drug-likeness (QED) is 0.909. The van der Waals surface area contributed by atoms with E-state index in [-0.39, 0.29) is 11.8 Å². The van der Waals surface area contributed by atoms with Crippen molar-refractivity contribution < 1.29 is 9.59 Å². The van der Waals surface area contributed by atoms with Gasteiger partial charge in [0.25, 0.3) is 5.91 Å². The number of rotatable bonds is 3. The SMILES string of the molecule is O=C(Cc1cccs1)Nc1ccc2c(c1)C(=O)NCC2. The van der Waals surface area contributed by atoms with E-state index in [1.165, 1.54) is 0 Å². The zero-order valence-electron chi connectivity index (χ0n) is 10.8. The van der Waals surface area contributed by atoms with Crippen LogP contribution in [0.2, 0.25) is 0 Å². The minimum absolute atomic E-state index is 0.0661. The van der Waals surface area contributed by atoms with Gasteiger partial charge in [0.1, 0.15) is 0 Å². The van der Waals surface area contributed by atoms with Crippen molar-refractivity contribution in [1.29, 1.82) is 0 Å². The molecule has 2 amide bonds. The number of nitrogens with one attached hydrogen (secondary N) is 2. The fourth-order valence-electron chi connectivity index (χ4n) is 2.27. The van der Waals surface area contributed by atoms with Gasteiger partial charge in [0, 0.05) is 22.7 Å². The Morgan fingerprint density at radius 3 is 3.05 bits per heavy atom. The molecule has 1 aromatic carbocycles. The lowest BCUT2D eigenvalue weighted by molar-refractivity contribution is -0.115. The zero-order chi connectivity index (χ0) is 13.9. The molecule has 0 bridgehead atoms. The van der Waals surface area contributed by atoms with Crippen molar-refractivity contribution >= 4 is 28.8 Å². The number of hydrogen-bond acceptors (Lipinski definition) is 3. The lowest BCUT2D eigenvalue weighted by atomic mass is 10.00. The van der Waals surface area contributed by atoms with Gasteiger partial charge in [-0.3, -0.25) is 9.59 Å². The van der Waals surface area contributed by atoms with Gasteiger partial charge >= 0.3 is 0 Å². The van der Waals surface area contributed by atoms with E-state index in [9.17, 15) is 9.59 Å². The summed E-state index contributed by atoms with van der Waals surface area (Å²) in [4.78, 5) is 24.7. The van der Waals surface area contributed by atoms with Crippen molar-refractivity contribution in [3.63, 3.8) is 0 Å². The number of carbonyl (C=O) groups excluding carboxylic acids is 2. The summed E-state index contributed by atoms with van der Waals surface area (Å²) in [6, 6.07) is 9.37. The minimum Gasteiger partial charge on any atom is -0.352 e. The Morgan fingerprint density at radius 2 is 2.25 bits per heavy atom. The van der Waals surface area contributed by atoms with Crippen LogP contribution in [0.1, 0.15) is 20.8 Å². The summed E-state index contributed by atoms with van der Waals surface area (Å²) in [6.07, 6.45) is 1.20. The largest absolute Gasteiger partial charge is 0.352 e. The first-order valence-corrected chi connectivity index (χ1v) is 7.34. The third-order valence-electron chi connectivity index (χ3n) is 3.23. The van der Waals surface area contributed by atoms with Gasteiger partial charge in [-0.05, 0) is 35.6 Å². The summed E-state index contributed by atoms with van der Waals surface area (Å²) in [5.74, 6) is -0.135. The number of anilines is 1. The maximum absolute atomic E-state index is 11.9. The molecule has 20 heavy (non-hydrogen) atoms. The van der Waals surface area contributed by atoms with Gasteiger partial charge < -0.3 is 10.6 Å². The van der Waals surface area contributed by atoms with E-state index in [0.29, 0.717) is 24.2 Å². The van der Waals surface area contributed by atoms with Crippen LogP contribution in [0.15, 0.2) is 35.7 Å². The summed E-state index contributed by atoms with van der Waals surface area (Å²) in [5, 5.41) is 7.59. The molecule has 2 aromatic rings. The summed E-state index contributed by atoms with van der Waals surface area (Å²) in [5.41, 5.74) is 2.36. The van der Waals surface area contributed by atoms with Crippen LogP contribution >= 0.6 is 11.3 Å². The highest BCUT2D eigenvalue weighted by atomic mass is 32.1. The molecular weight excluding hydrogens is 272 g/mol. The van der Waals surface area contributed by atoms with Crippen LogP contribution in [0.5, 0.6) is 0 Å². The molecule has 2 heterocycles. The standard InChI is InChI=1S/C15H14N2O2S/c18-14(9-12-2-1-7-20-12)17-11-4-3-10-5-6-16-15(19)13(10)8-11/h1-4,7-8H,5-6,9H2,(H,16,19)(H,17,18). The predicted octanol–water partition coefficient (Wildman–Crippen LogP) is 2.22. The van der Waals surface area contributed by atoms with Crippen LogP contribution in [0.3, 0.4) is 0 Å². The molecule has 1 aliphatic heterocycles. The van der Waals surface area contributed by atoms with Crippen molar-refractivity contribution in [1.82, 2.24) is 5.32 Å². The maximum atomic E-state index is 11.9. The Bertz CT molecular complexity index is 650. The lowest BCUT2D eigenvalue weighted by Crippen LogP contribution is -2.31. The zero-order valence-corrected chi connectivity index (χ0v) is 11.6. The Kier molecular flexibility index (Phi) is 3.52. The van der Waals surface area contributed by atoms with E-state index < -0.39 is 0 Å². The highest BCUT2D eigenvalue weighted by molar-refractivity contribution is 7.10. The Hall–Kier alpha value is -2.14. The fourth-order valence-corrected chi connectivity index (χ4v) is 2.97. The van der Waals surface area contributed by atoms with E-state index in [2.05, 4.69) is 10.6 Å². The first-order chi connectivity index (χ1) is 9.72. The van der Waals surface area contributed by atoms with E-state index in [0.717, 1.165) is 16.9 Å². The van der Waals surface area contributed by atoms with Crippen molar-refractivity contribution in [2.75, 3.05) is 11.9 Å². The second-order valence-electron chi connectivity index (χ2n) is 4.68. The van der Waals surface area contributed by atoms with Crippen molar-refractivity contribution in [3.8, 4) is 0 Å². The van der Waals surface area contributed by atoms with E-state index in [1.54, 1.807) is 17.4 Å². The minimum atomic E-state index is -0.0689. The molecule has 1 aromatic heterocycles. The molecule has 0 saturated heterocycles. The van der Waals surface area contributed by atoms with Crippen molar-refractivity contribution in [2.24, 2.45) is 0 Å². The average molecular weight is 286 g/mol. The number of benzene rings is 1. The second kappa shape index (κ2) is 5.46. The monoisotopic (exact) mass is 286 g/mol. The van der Waals surface area contributed by atoms with Gasteiger partial charge in [-0.25, -0.2) is 0 Å². The van der Waals surface area contributed by atoms with Crippen LogP contribution in [0.4, 0.5) is 5.69 Å². The van der Waals surface area contributed by atoms with Crippen molar-refractivity contribution in [3.05, 3.63) is 51.7 Å². The number of fused-ring (bicyclic) bond motifs is 1. The van der Waals surface area contributed by atoms with Gasteiger partial charge in [-0.15, -0.1) is 11.3 Å². The Labute approximate surface area is 120 Å². The van der Waals surface area contributed by atoms with Gasteiger partial charge in [-0.1, -0.05) is 12.1 Å². The van der Waals surface area contributed by atoms with Crippen LogP contribution in [-0.4, -0.2) is 18.4 Å². The molecule has 2 N–H and O–H groups in total. The molecule has 3 rings (SSSR count). The maximum Gasteiger partial charge on any atom is 0.251 e. The summed E-state index contributed by atoms with van der Waals surface area (Å²) in [7, 11) is 0. The number of thiophene rings is 1. The van der Waals surface area contributed by atoms with Crippen LogP contribution < -0.4 is 10.6 Å². The Balaban J connectivity index is 1.73. The number of amides is 2. The summed E-state index contributed by atoms with van der Waals surface area (Å²) in [6.45, 7) is 0.677. The fraction of sp³-hybridized carbons (Fsp3) is 0.200. The molecule has 0 saturated carbocycles. The summed E-state index contributed by atoms with van der Waals surface area (Å²) >= 11 is 1.56. The molecular formula is C15H14N2O2S. The third kappa shape index (κ3) is 2.72. The highest BCUT2D eigenvalue weighted by Gasteiger charge is 2.17. The first-order valence-electron chi connectivity index (χ1n) is 6.46. The van der Waals surface area contributed by atoms with E-state index in [4.69, 9.17) is 0 Å². The molecule has 0 unspecified atom stereocenters. The van der Waals surface area contributed by atoms with E-state index in [1.807, 2.05) is 29.6 Å². The third-order valence-corrected chi connectivity index (χ3v) is 4.11. The normalized spacial score (nSPS) is 13.5. The van der Waals surface area contributed by atoms with Gasteiger partial charge in [0.05, 0.1) is 6.42 Å². The van der Waals surface area contributed by atoms with Crippen LogP contribution in [0.25, 0.3) is 0 Å². The molecule has 0 spiro atoms. The lowest BCUT2D eigenvalue weighted by Gasteiger charge is -2.17. The number of carbonyl (C=O) groups is 2. The summed E-state index contributed by atoms with van der Waals surface area (Å²) < 4.78 is 0. The van der Waals surface area contributed by atoms with Crippen molar-refractivity contribution in [2.45, 2.75) is 12.8 Å². The molecule has 5 heteroatoms. The van der Waals surface area contributed by atoms with E-state index >= 15 is 0 Å². The molecule has 0 aliphatic carbocycles. The molecule has 102 valence electrons. The second-order valence-corrected chi connectivity index (χ2v) is 5.71. The molecule has 0 atom stereocenters. The van der Waals surface area contributed by atoms with Gasteiger partial charge in [0.15, 0.2) is 0 Å². The van der Waals surface area contributed by atoms with Gasteiger partial charge in [-0.2, -0.15) is 0 Å². The average Bonchev–Trinajstić information content (AvgIpc) is 2.92. The highest BCUT2D eigenvalue weighted by Crippen LogP contribution is 2.19. The van der Waals surface area contributed by atoms with Crippen LogP contribution in [-0.2, 0) is 17.6 Å². The number of hydrogen-bond donors (Lipinski definition) is 2. The van der Waals surface area contributed by atoms with Crippen LogP contribution in [0, 0.1) is 0 Å². The molecule has 0 radical (unpaired) electrons. The predicted molar refractivity (Wildman–Crippen MR) is 79.1 cm³/mol. The topological polar surface area (TPSA) is 58.2 Å². The Morgan fingerprint density at radius 1 is 1.35 bits per heavy atom.